The lowest BCUT2D eigenvalue weighted by molar-refractivity contribution is 0.0977. The van der Waals surface area contributed by atoms with Crippen molar-refractivity contribution in [2.24, 2.45) is 10.2 Å². The Kier molecular flexibility index (Phi) is 7.14. The van der Waals surface area contributed by atoms with Gasteiger partial charge < -0.3 is 14.9 Å². The van der Waals surface area contributed by atoms with Crippen LogP contribution in [0.25, 0.3) is 0 Å². The number of hydrogen-bond donors (Lipinski definition) is 2. The third-order valence-electron chi connectivity index (χ3n) is 5.92. The van der Waals surface area contributed by atoms with Crippen LogP contribution in [0.4, 0.5) is 11.4 Å². The van der Waals surface area contributed by atoms with Gasteiger partial charge in [-0.25, -0.2) is 0 Å². The van der Waals surface area contributed by atoms with E-state index >= 15 is 0 Å². The number of nitriles is 1. The van der Waals surface area contributed by atoms with Gasteiger partial charge in [-0.15, -0.1) is 10.2 Å². The average Bonchev–Trinajstić information content (AvgIpc) is 2.85. The Morgan fingerprint density at radius 1 is 1.03 bits per heavy atom. The number of aromatic hydroxyl groups is 2. The first-order chi connectivity index (χ1) is 17.6. The predicted molar refractivity (Wildman–Crippen MR) is 134 cm³/mol. The number of aromatic nitrogens is 1. The summed E-state index contributed by atoms with van der Waals surface area (Å²) in [6, 6.07) is 7.11. The molecule has 0 fully saturated rings. The van der Waals surface area contributed by atoms with Gasteiger partial charge in [0, 0.05) is 31.4 Å². The quantitative estimate of drug-likeness (QED) is 0.258. The van der Waals surface area contributed by atoms with Crippen molar-refractivity contribution in [3.8, 4) is 17.7 Å². The van der Waals surface area contributed by atoms with E-state index in [9.17, 15) is 29.9 Å². The highest BCUT2D eigenvalue weighted by Gasteiger charge is 2.37. The summed E-state index contributed by atoms with van der Waals surface area (Å²) >= 11 is 12.6. The van der Waals surface area contributed by atoms with Gasteiger partial charge in [-0.2, -0.15) is 5.26 Å². The summed E-state index contributed by atoms with van der Waals surface area (Å²) in [6.07, 6.45) is 0.369. The number of azo groups is 1. The number of pyridine rings is 1. The van der Waals surface area contributed by atoms with Crippen LogP contribution in [0.15, 0.2) is 39.3 Å². The molecule has 0 atom stereocenters. The van der Waals surface area contributed by atoms with E-state index < -0.39 is 23.0 Å². The molecule has 4 rings (SSSR count). The van der Waals surface area contributed by atoms with Gasteiger partial charge in [0.2, 0.25) is 5.88 Å². The highest BCUT2D eigenvalue weighted by Crippen LogP contribution is 2.44. The van der Waals surface area contributed by atoms with Crippen LogP contribution in [0, 0.1) is 18.3 Å². The molecule has 1 heterocycles. The fourth-order valence-electron chi connectivity index (χ4n) is 4.11. The average molecular weight is 541 g/mol. The van der Waals surface area contributed by atoms with Crippen molar-refractivity contribution in [1.29, 1.82) is 5.26 Å². The maximum absolute atomic E-state index is 13.4. The van der Waals surface area contributed by atoms with Crippen molar-refractivity contribution < 1.29 is 24.5 Å². The molecule has 2 N–H and O–H groups in total. The Hall–Kier alpha value is -4.04. The van der Waals surface area contributed by atoms with E-state index in [1.165, 1.54) is 38.3 Å². The number of hydrogen-bond acceptors (Lipinski definition) is 9. The number of ketones is 2. The first-order valence-electron chi connectivity index (χ1n) is 10.8. The SMILES string of the molecule is COCCCn1c(O)c(C#N)c(C)c(N=Nc2c(Cl)cc(Cl)c3c2C(=O)c2cccc(O)c2C3=O)c1=O. The molecule has 12 heteroatoms. The molecule has 0 aliphatic heterocycles. The van der Waals surface area contributed by atoms with Crippen molar-refractivity contribution in [2.75, 3.05) is 13.7 Å². The lowest BCUT2D eigenvalue weighted by atomic mass is 9.82. The van der Waals surface area contributed by atoms with Gasteiger partial charge in [-0.05, 0) is 25.5 Å². The zero-order valence-corrected chi connectivity index (χ0v) is 21.0. The summed E-state index contributed by atoms with van der Waals surface area (Å²) < 4.78 is 5.96. The topological polar surface area (TPSA) is 154 Å². The van der Waals surface area contributed by atoms with Crippen LogP contribution in [0.1, 0.15) is 49.4 Å². The summed E-state index contributed by atoms with van der Waals surface area (Å²) in [7, 11) is 1.49. The Bertz CT molecular complexity index is 1620. The molecule has 0 saturated carbocycles. The van der Waals surface area contributed by atoms with Gasteiger partial charge in [-0.3, -0.25) is 19.0 Å². The Morgan fingerprint density at radius 3 is 2.41 bits per heavy atom. The summed E-state index contributed by atoms with van der Waals surface area (Å²) in [5, 5.41) is 38.0. The van der Waals surface area contributed by atoms with Crippen LogP contribution in [0.5, 0.6) is 11.6 Å². The van der Waals surface area contributed by atoms with Crippen molar-refractivity contribution in [2.45, 2.75) is 19.9 Å². The monoisotopic (exact) mass is 540 g/mol. The largest absolute Gasteiger partial charge is 0.507 e. The second-order valence-electron chi connectivity index (χ2n) is 8.08. The number of benzene rings is 2. The molecule has 0 amide bonds. The zero-order valence-electron chi connectivity index (χ0n) is 19.5. The van der Waals surface area contributed by atoms with E-state index in [0.29, 0.717) is 13.0 Å². The van der Waals surface area contributed by atoms with Crippen molar-refractivity contribution in [3.63, 3.8) is 0 Å². The smallest absolute Gasteiger partial charge is 0.281 e. The molecule has 1 aliphatic carbocycles. The first kappa shape index (κ1) is 26.0. The predicted octanol–water partition coefficient (Wildman–Crippen LogP) is 4.97. The number of methoxy groups -OCH3 is 1. The van der Waals surface area contributed by atoms with Crippen molar-refractivity contribution in [3.05, 3.63) is 78.0 Å². The molecular formula is C25H18Cl2N4O6. The van der Waals surface area contributed by atoms with Crippen LogP contribution >= 0.6 is 23.2 Å². The summed E-state index contributed by atoms with van der Waals surface area (Å²) in [4.78, 5) is 39.7. The Morgan fingerprint density at radius 2 is 1.73 bits per heavy atom. The number of phenolic OH excluding ortho intramolecular Hbond substituents is 1. The molecule has 0 bridgehead atoms. The zero-order chi connectivity index (χ0) is 27.0. The van der Waals surface area contributed by atoms with Crippen LogP contribution in [-0.2, 0) is 11.3 Å². The number of nitrogens with zero attached hydrogens (tertiary/aromatic N) is 4. The standard InChI is InChI=1S/C25H18Cl2N4O6/c1-11-13(10-28)24(35)31(7-4-8-37-2)25(36)20(11)29-30-21-15(27)9-14(26)18-19(21)22(33)12-5-3-6-16(32)17(12)23(18)34/h3,5-6,9,32,35H,4,7-8H2,1-2H3. The molecule has 1 aliphatic rings. The van der Waals surface area contributed by atoms with Crippen molar-refractivity contribution in [1.82, 2.24) is 4.57 Å². The van der Waals surface area contributed by atoms with Crippen molar-refractivity contribution >= 4 is 46.1 Å². The van der Waals surface area contributed by atoms with E-state index in [0.717, 1.165) is 4.57 Å². The lowest BCUT2D eigenvalue weighted by Gasteiger charge is -2.21. The van der Waals surface area contributed by atoms with Gasteiger partial charge >= 0.3 is 0 Å². The first-order valence-corrected chi connectivity index (χ1v) is 11.6. The van der Waals surface area contributed by atoms with Crippen LogP contribution in [-0.4, -0.2) is 40.1 Å². The van der Waals surface area contributed by atoms with E-state index in [-0.39, 0.29) is 67.1 Å². The third kappa shape index (κ3) is 4.27. The maximum atomic E-state index is 13.4. The van der Waals surface area contributed by atoms with Crippen LogP contribution < -0.4 is 5.56 Å². The van der Waals surface area contributed by atoms with Crippen LogP contribution in [0.3, 0.4) is 0 Å². The lowest BCUT2D eigenvalue weighted by Crippen LogP contribution is -2.22. The van der Waals surface area contributed by atoms with Crippen LogP contribution in [0.2, 0.25) is 10.0 Å². The van der Waals surface area contributed by atoms with Gasteiger partial charge in [0.15, 0.2) is 17.3 Å². The Balaban J connectivity index is 1.92. The second kappa shape index (κ2) is 10.1. The van der Waals surface area contributed by atoms with E-state index in [2.05, 4.69) is 10.2 Å². The number of ether oxygens (including phenoxy) is 1. The number of halogens is 2. The minimum Gasteiger partial charge on any atom is -0.507 e. The number of carbonyl (C=O) groups is 2. The summed E-state index contributed by atoms with van der Waals surface area (Å²) in [5.74, 6) is -2.27. The number of carbonyl (C=O) groups excluding carboxylic acids is 2. The van der Waals surface area contributed by atoms with E-state index in [4.69, 9.17) is 27.9 Å². The molecule has 1 aromatic heterocycles. The summed E-state index contributed by atoms with van der Waals surface area (Å²) in [6.45, 7) is 1.76. The normalized spacial score (nSPS) is 12.5. The van der Waals surface area contributed by atoms with Gasteiger partial charge in [0.05, 0.1) is 26.7 Å². The highest BCUT2D eigenvalue weighted by molar-refractivity contribution is 6.43. The minimum atomic E-state index is -0.731. The Labute approximate surface area is 220 Å². The molecular weight excluding hydrogens is 523 g/mol. The molecule has 0 unspecified atom stereocenters. The molecule has 3 aromatic rings. The minimum absolute atomic E-state index is 0.0420. The van der Waals surface area contributed by atoms with E-state index in [1.54, 1.807) is 0 Å². The van der Waals surface area contributed by atoms with Gasteiger partial charge in [0.1, 0.15) is 23.1 Å². The van der Waals surface area contributed by atoms with Gasteiger partial charge in [0.25, 0.3) is 5.56 Å². The number of fused-ring (bicyclic) bond motifs is 2. The fraction of sp³-hybridized carbons (Fsp3) is 0.200. The number of rotatable bonds is 6. The fourth-order valence-corrected chi connectivity index (χ4v) is 4.70. The molecule has 0 spiro atoms. The molecule has 188 valence electrons. The molecule has 37 heavy (non-hydrogen) atoms. The molecule has 0 saturated heterocycles. The summed E-state index contributed by atoms with van der Waals surface area (Å²) in [5.41, 5.74) is -2.04. The van der Waals surface area contributed by atoms with Gasteiger partial charge in [-0.1, -0.05) is 35.3 Å². The maximum Gasteiger partial charge on any atom is 0.281 e. The molecule has 2 aromatic carbocycles. The second-order valence-corrected chi connectivity index (χ2v) is 8.90. The third-order valence-corrected chi connectivity index (χ3v) is 6.51. The number of phenols is 1. The molecule has 0 radical (unpaired) electrons. The highest BCUT2D eigenvalue weighted by atomic mass is 35.5. The molecule has 10 nitrogen and oxygen atoms in total. The van der Waals surface area contributed by atoms with E-state index in [1.807, 2.05) is 6.07 Å².